The van der Waals surface area contributed by atoms with E-state index in [1.165, 1.54) is 0 Å². The first-order valence-electron chi connectivity index (χ1n) is 5.72. The van der Waals surface area contributed by atoms with Crippen LogP contribution in [0, 0.1) is 0 Å². The van der Waals surface area contributed by atoms with Crippen LogP contribution in [0.15, 0.2) is 4.99 Å². The Morgan fingerprint density at radius 1 is 1.33 bits per heavy atom. The van der Waals surface area contributed by atoms with Gasteiger partial charge in [0.1, 0.15) is 5.78 Å². The zero-order valence-electron chi connectivity index (χ0n) is 10.5. The van der Waals surface area contributed by atoms with Crippen molar-refractivity contribution in [2.24, 2.45) is 4.99 Å². The predicted octanol–water partition coefficient (Wildman–Crippen LogP) is 2.16. The van der Waals surface area contributed by atoms with Gasteiger partial charge in [0.15, 0.2) is 0 Å². The molecule has 0 fully saturated rings. The molecule has 0 aromatic rings. The number of hydrogen-bond donors (Lipinski definition) is 0. The Kier molecular flexibility index (Phi) is 8.19. The van der Waals surface area contributed by atoms with E-state index in [1.807, 2.05) is 21.0 Å². The molecule has 0 aromatic heterocycles. The molecule has 3 heteroatoms. The van der Waals surface area contributed by atoms with E-state index in [0.29, 0.717) is 18.6 Å². The van der Waals surface area contributed by atoms with Gasteiger partial charge in [-0.3, -0.25) is 9.79 Å². The molecule has 0 N–H and O–H groups in total. The SMILES string of the molecule is CCCCC(=O)CC(C)=NCCN(C)C. The number of likely N-dealkylation sites (N-methyl/N-ethyl adjacent to an activating group) is 1. The molecule has 0 saturated heterocycles. The Balaban J connectivity index is 3.70. The van der Waals surface area contributed by atoms with Crippen molar-refractivity contribution in [1.29, 1.82) is 0 Å². The molecule has 15 heavy (non-hydrogen) atoms. The normalized spacial score (nSPS) is 12.2. The Hall–Kier alpha value is -0.700. The summed E-state index contributed by atoms with van der Waals surface area (Å²) in [6, 6.07) is 0. The largest absolute Gasteiger partial charge is 0.308 e. The van der Waals surface area contributed by atoms with Crippen molar-refractivity contribution in [3.8, 4) is 0 Å². The number of carbonyl (C=O) groups excluding carboxylic acids is 1. The maximum Gasteiger partial charge on any atom is 0.138 e. The van der Waals surface area contributed by atoms with Crippen LogP contribution in [0.5, 0.6) is 0 Å². The summed E-state index contributed by atoms with van der Waals surface area (Å²) < 4.78 is 0. The van der Waals surface area contributed by atoms with E-state index in [2.05, 4.69) is 16.8 Å². The molecule has 0 aromatic carbocycles. The minimum absolute atomic E-state index is 0.322. The number of unbranched alkanes of at least 4 members (excludes halogenated alkanes) is 1. The van der Waals surface area contributed by atoms with E-state index in [1.54, 1.807) is 0 Å². The van der Waals surface area contributed by atoms with E-state index in [9.17, 15) is 4.79 Å². The fourth-order valence-corrected chi connectivity index (χ4v) is 1.24. The van der Waals surface area contributed by atoms with Gasteiger partial charge in [-0.15, -0.1) is 0 Å². The summed E-state index contributed by atoms with van der Waals surface area (Å²) in [4.78, 5) is 17.9. The fourth-order valence-electron chi connectivity index (χ4n) is 1.24. The van der Waals surface area contributed by atoms with Gasteiger partial charge in [0.25, 0.3) is 0 Å². The molecule has 0 atom stereocenters. The van der Waals surface area contributed by atoms with Crippen molar-refractivity contribution in [2.45, 2.75) is 39.5 Å². The highest BCUT2D eigenvalue weighted by molar-refractivity contribution is 6.00. The molecule has 0 unspecified atom stereocenters. The van der Waals surface area contributed by atoms with Gasteiger partial charge >= 0.3 is 0 Å². The van der Waals surface area contributed by atoms with Crippen molar-refractivity contribution in [3.63, 3.8) is 0 Å². The minimum atomic E-state index is 0.322. The average Bonchev–Trinajstić information content (AvgIpc) is 2.14. The third-order valence-electron chi connectivity index (χ3n) is 2.19. The van der Waals surface area contributed by atoms with Crippen molar-refractivity contribution >= 4 is 11.5 Å². The molecule has 0 aliphatic heterocycles. The fraction of sp³-hybridized carbons (Fsp3) is 0.833. The summed E-state index contributed by atoms with van der Waals surface area (Å²) in [5.74, 6) is 0.322. The van der Waals surface area contributed by atoms with Crippen LogP contribution in [-0.2, 0) is 4.79 Å². The number of hydrogen-bond acceptors (Lipinski definition) is 3. The molecule has 0 radical (unpaired) electrons. The van der Waals surface area contributed by atoms with E-state index < -0.39 is 0 Å². The van der Waals surface area contributed by atoms with Gasteiger partial charge in [0, 0.05) is 25.1 Å². The molecule has 0 saturated carbocycles. The van der Waals surface area contributed by atoms with E-state index in [-0.39, 0.29) is 0 Å². The second-order valence-corrected chi connectivity index (χ2v) is 4.24. The van der Waals surface area contributed by atoms with Crippen LogP contribution in [0.25, 0.3) is 0 Å². The number of ketones is 1. The molecule has 88 valence electrons. The highest BCUT2D eigenvalue weighted by Crippen LogP contribution is 2.00. The second kappa shape index (κ2) is 8.60. The molecule has 0 aliphatic rings. The Morgan fingerprint density at radius 3 is 2.53 bits per heavy atom. The van der Waals surface area contributed by atoms with Crippen LogP contribution < -0.4 is 0 Å². The van der Waals surface area contributed by atoms with E-state index in [4.69, 9.17) is 0 Å². The lowest BCUT2D eigenvalue weighted by molar-refractivity contribution is -0.118. The maximum absolute atomic E-state index is 11.4. The summed E-state index contributed by atoms with van der Waals surface area (Å²) in [6.07, 6.45) is 3.33. The molecule has 0 aliphatic carbocycles. The lowest BCUT2D eigenvalue weighted by Crippen LogP contribution is -2.16. The lowest BCUT2D eigenvalue weighted by atomic mass is 10.1. The van der Waals surface area contributed by atoms with Crippen molar-refractivity contribution < 1.29 is 4.79 Å². The maximum atomic E-state index is 11.4. The van der Waals surface area contributed by atoms with Gasteiger partial charge in [-0.2, -0.15) is 0 Å². The first kappa shape index (κ1) is 14.3. The Morgan fingerprint density at radius 2 is 2.00 bits per heavy atom. The number of Topliss-reactive ketones (excluding diaryl/α,β-unsaturated/α-hetero) is 1. The molecule has 0 bridgehead atoms. The van der Waals surface area contributed by atoms with E-state index in [0.717, 1.165) is 31.6 Å². The van der Waals surface area contributed by atoms with Gasteiger partial charge in [-0.1, -0.05) is 13.3 Å². The third kappa shape index (κ3) is 9.60. The standard InChI is InChI=1S/C12H24N2O/c1-5-6-7-12(15)10-11(2)13-8-9-14(3)4/h5-10H2,1-4H3. The monoisotopic (exact) mass is 212 g/mol. The van der Waals surface area contributed by atoms with Gasteiger partial charge in [-0.25, -0.2) is 0 Å². The number of aliphatic imine (C=N–C) groups is 1. The van der Waals surface area contributed by atoms with Crippen LogP contribution in [0.3, 0.4) is 0 Å². The second-order valence-electron chi connectivity index (χ2n) is 4.24. The van der Waals surface area contributed by atoms with Crippen LogP contribution in [-0.4, -0.2) is 43.6 Å². The summed E-state index contributed by atoms with van der Waals surface area (Å²) in [7, 11) is 4.05. The summed E-state index contributed by atoms with van der Waals surface area (Å²) in [6.45, 7) is 5.78. The van der Waals surface area contributed by atoms with Gasteiger partial charge in [-0.05, 0) is 27.4 Å². The average molecular weight is 212 g/mol. The first-order chi connectivity index (χ1) is 7.06. The highest BCUT2D eigenvalue weighted by Gasteiger charge is 2.02. The predicted molar refractivity (Wildman–Crippen MR) is 65.7 cm³/mol. The van der Waals surface area contributed by atoms with Gasteiger partial charge < -0.3 is 4.90 Å². The van der Waals surface area contributed by atoms with E-state index >= 15 is 0 Å². The van der Waals surface area contributed by atoms with Crippen molar-refractivity contribution in [3.05, 3.63) is 0 Å². The highest BCUT2D eigenvalue weighted by atomic mass is 16.1. The minimum Gasteiger partial charge on any atom is -0.308 e. The van der Waals surface area contributed by atoms with Crippen molar-refractivity contribution in [1.82, 2.24) is 4.90 Å². The molecule has 3 nitrogen and oxygen atoms in total. The number of carbonyl (C=O) groups is 1. The third-order valence-corrected chi connectivity index (χ3v) is 2.19. The molecule has 0 spiro atoms. The topological polar surface area (TPSA) is 32.7 Å². The quantitative estimate of drug-likeness (QED) is 0.578. The Labute approximate surface area is 93.6 Å². The molecular weight excluding hydrogens is 188 g/mol. The molecular formula is C12H24N2O. The van der Waals surface area contributed by atoms with Crippen molar-refractivity contribution in [2.75, 3.05) is 27.2 Å². The Bertz CT molecular complexity index is 210. The molecule has 0 heterocycles. The van der Waals surface area contributed by atoms with Gasteiger partial charge in [0.2, 0.25) is 0 Å². The smallest absolute Gasteiger partial charge is 0.138 e. The van der Waals surface area contributed by atoms with Crippen LogP contribution in [0.4, 0.5) is 0 Å². The van der Waals surface area contributed by atoms with Crippen LogP contribution >= 0.6 is 0 Å². The zero-order chi connectivity index (χ0) is 11.7. The first-order valence-corrected chi connectivity index (χ1v) is 5.72. The summed E-state index contributed by atoms with van der Waals surface area (Å²) >= 11 is 0. The van der Waals surface area contributed by atoms with Crippen LogP contribution in [0.1, 0.15) is 39.5 Å². The molecule has 0 amide bonds. The van der Waals surface area contributed by atoms with Crippen LogP contribution in [0.2, 0.25) is 0 Å². The van der Waals surface area contributed by atoms with Gasteiger partial charge in [0.05, 0.1) is 6.54 Å². The molecule has 0 rings (SSSR count). The zero-order valence-corrected chi connectivity index (χ0v) is 10.5. The summed E-state index contributed by atoms with van der Waals surface area (Å²) in [5, 5.41) is 0. The number of nitrogens with zero attached hydrogens (tertiary/aromatic N) is 2. The number of rotatable bonds is 8. The summed E-state index contributed by atoms with van der Waals surface area (Å²) in [5.41, 5.74) is 0.970. The lowest BCUT2D eigenvalue weighted by Gasteiger charge is -2.06.